The van der Waals surface area contributed by atoms with Gasteiger partial charge in [-0.3, -0.25) is 4.79 Å². The number of nitrogens with zero attached hydrogens (tertiary/aromatic N) is 2. The highest BCUT2D eigenvalue weighted by Gasteiger charge is 2.32. The van der Waals surface area contributed by atoms with E-state index in [1.54, 1.807) is 28.6 Å². The molecule has 2 aliphatic rings. The van der Waals surface area contributed by atoms with E-state index < -0.39 is 10.0 Å². The lowest BCUT2D eigenvalue weighted by atomic mass is 10.0. The minimum absolute atomic E-state index is 0.0141. The molecule has 2 heterocycles. The molecule has 6 heteroatoms. The number of carbonyl (C=O) groups excluding carboxylic acids is 1. The second-order valence-corrected chi connectivity index (χ2v) is 9.29. The third-order valence-corrected chi connectivity index (χ3v) is 7.61. The Morgan fingerprint density at radius 1 is 0.962 bits per heavy atom. The van der Waals surface area contributed by atoms with Crippen LogP contribution in [0.1, 0.15) is 68.6 Å². The van der Waals surface area contributed by atoms with E-state index in [4.69, 9.17) is 0 Å². The van der Waals surface area contributed by atoms with Crippen molar-refractivity contribution in [1.29, 1.82) is 0 Å². The Hall–Kier alpha value is -1.40. The topological polar surface area (TPSA) is 57.7 Å². The molecule has 0 N–H and O–H groups in total. The van der Waals surface area contributed by atoms with E-state index in [-0.39, 0.29) is 11.9 Å². The molecular formula is C20H30N2O3S. The molecule has 144 valence electrons. The van der Waals surface area contributed by atoms with Crippen molar-refractivity contribution in [2.45, 2.75) is 69.2 Å². The van der Waals surface area contributed by atoms with Crippen molar-refractivity contribution in [3.05, 3.63) is 29.8 Å². The highest BCUT2D eigenvalue weighted by molar-refractivity contribution is 7.89. The number of likely N-dealkylation sites (tertiary alicyclic amines) is 1. The van der Waals surface area contributed by atoms with Crippen LogP contribution in [0.3, 0.4) is 0 Å². The highest BCUT2D eigenvalue weighted by atomic mass is 32.2. The number of hydrogen-bond acceptors (Lipinski definition) is 3. The second kappa shape index (κ2) is 8.53. The third-order valence-electron chi connectivity index (χ3n) is 5.65. The maximum atomic E-state index is 13.0. The van der Waals surface area contributed by atoms with E-state index in [9.17, 15) is 13.2 Å². The molecule has 1 aromatic rings. The molecule has 3 rings (SSSR count). The lowest BCUT2D eigenvalue weighted by Gasteiger charge is -2.34. The maximum Gasteiger partial charge on any atom is 0.253 e. The summed E-state index contributed by atoms with van der Waals surface area (Å²) < 4.78 is 27.7. The number of amides is 1. The average Bonchev–Trinajstić information content (AvgIpc) is 2.97. The fraction of sp³-hybridized carbons (Fsp3) is 0.650. The first kappa shape index (κ1) is 19.4. The fourth-order valence-electron chi connectivity index (χ4n) is 4.06. The molecule has 2 saturated heterocycles. The largest absolute Gasteiger partial charge is 0.339 e. The van der Waals surface area contributed by atoms with Crippen LogP contribution in [0.4, 0.5) is 0 Å². The lowest BCUT2D eigenvalue weighted by molar-refractivity contribution is 0.0761. The van der Waals surface area contributed by atoms with Gasteiger partial charge in [0.05, 0.1) is 4.90 Å². The predicted octanol–water partition coefficient (Wildman–Crippen LogP) is 3.66. The average molecular weight is 379 g/mol. The summed E-state index contributed by atoms with van der Waals surface area (Å²) in [5, 5.41) is 0. The van der Waals surface area contributed by atoms with E-state index in [1.807, 2.05) is 11.8 Å². The molecule has 1 amide bonds. The molecule has 1 unspecified atom stereocenters. The fourth-order valence-corrected chi connectivity index (χ4v) is 5.83. The van der Waals surface area contributed by atoms with Crippen LogP contribution in [0.15, 0.2) is 29.2 Å². The first-order valence-corrected chi connectivity index (χ1v) is 11.4. The van der Waals surface area contributed by atoms with Gasteiger partial charge in [0.2, 0.25) is 10.0 Å². The Balaban J connectivity index is 1.76. The molecule has 0 spiro atoms. The molecular weight excluding hydrogens is 348 g/mol. The van der Waals surface area contributed by atoms with Gasteiger partial charge in [-0.05, 0) is 56.4 Å². The standard InChI is InChI=1S/C20H30N2O3S/c1-2-18-9-5-8-16-22(18)26(24,25)19-12-10-17(11-13-19)20(23)21-14-6-3-4-7-15-21/h10-13,18H,2-9,14-16H2,1H3. The Kier molecular flexibility index (Phi) is 6.35. The monoisotopic (exact) mass is 378 g/mol. The minimum atomic E-state index is -3.49. The molecule has 1 aromatic carbocycles. The zero-order valence-corrected chi connectivity index (χ0v) is 16.5. The van der Waals surface area contributed by atoms with Crippen molar-refractivity contribution in [1.82, 2.24) is 9.21 Å². The SMILES string of the molecule is CCC1CCCCN1S(=O)(=O)c1ccc(C(=O)N2CCCCCC2)cc1. The molecule has 0 radical (unpaired) electrons. The summed E-state index contributed by atoms with van der Waals surface area (Å²) in [6.45, 7) is 4.23. The van der Waals surface area contributed by atoms with Crippen LogP contribution in [0.5, 0.6) is 0 Å². The number of hydrogen-bond donors (Lipinski definition) is 0. The zero-order valence-electron chi connectivity index (χ0n) is 15.7. The van der Waals surface area contributed by atoms with Crippen molar-refractivity contribution in [2.24, 2.45) is 0 Å². The number of piperidine rings is 1. The van der Waals surface area contributed by atoms with Crippen LogP contribution >= 0.6 is 0 Å². The number of benzene rings is 1. The van der Waals surface area contributed by atoms with Gasteiger partial charge >= 0.3 is 0 Å². The Morgan fingerprint density at radius 3 is 2.19 bits per heavy atom. The van der Waals surface area contributed by atoms with Crippen LogP contribution in [-0.2, 0) is 10.0 Å². The van der Waals surface area contributed by atoms with Gasteiger partial charge in [0.1, 0.15) is 0 Å². The second-order valence-electron chi connectivity index (χ2n) is 7.40. The molecule has 1 atom stereocenters. The molecule has 0 aliphatic carbocycles. The first-order valence-electron chi connectivity index (χ1n) is 9.95. The van der Waals surface area contributed by atoms with Gasteiger partial charge in [0.25, 0.3) is 5.91 Å². The summed E-state index contributed by atoms with van der Waals surface area (Å²) in [4.78, 5) is 14.9. The first-order chi connectivity index (χ1) is 12.5. The van der Waals surface area contributed by atoms with E-state index >= 15 is 0 Å². The normalized spacial score (nSPS) is 22.8. The number of sulfonamides is 1. The Morgan fingerprint density at radius 2 is 1.58 bits per heavy atom. The Bertz CT molecular complexity index is 707. The number of carbonyl (C=O) groups is 1. The van der Waals surface area contributed by atoms with Gasteiger partial charge < -0.3 is 4.90 Å². The van der Waals surface area contributed by atoms with Gasteiger partial charge in [-0.1, -0.05) is 26.2 Å². The summed E-state index contributed by atoms with van der Waals surface area (Å²) in [5.74, 6) is 0.0141. The summed E-state index contributed by atoms with van der Waals surface area (Å²) >= 11 is 0. The van der Waals surface area contributed by atoms with Crippen LogP contribution in [-0.4, -0.2) is 49.2 Å². The van der Waals surface area contributed by atoms with Crippen molar-refractivity contribution >= 4 is 15.9 Å². The van der Waals surface area contributed by atoms with E-state index in [2.05, 4.69) is 0 Å². The molecule has 26 heavy (non-hydrogen) atoms. The summed E-state index contributed by atoms with van der Waals surface area (Å²) in [6, 6.07) is 6.63. The molecule has 5 nitrogen and oxygen atoms in total. The number of rotatable bonds is 4. The summed E-state index contributed by atoms with van der Waals surface area (Å²) in [5.41, 5.74) is 0.580. The van der Waals surface area contributed by atoms with Crippen molar-refractivity contribution < 1.29 is 13.2 Å². The van der Waals surface area contributed by atoms with Crippen LogP contribution in [0.25, 0.3) is 0 Å². The van der Waals surface area contributed by atoms with E-state index in [0.717, 1.165) is 51.6 Å². The minimum Gasteiger partial charge on any atom is -0.339 e. The summed E-state index contributed by atoms with van der Waals surface area (Å²) in [7, 11) is -3.49. The van der Waals surface area contributed by atoms with Crippen molar-refractivity contribution in [3.8, 4) is 0 Å². The van der Waals surface area contributed by atoms with Crippen LogP contribution in [0.2, 0.25) is 0 Å². The summed E-state index contributed by atoms with van der Waals surface area (Å²) in [6.07, 6.45) is 8.23. The molecule has 2 aliphatic heterocycles. The van der Waals surface area contributed by atoms with Gasteiger partial charge in [0.15, 0.2) is 0 Å². The molecule has 2 fully saturated rings. The predicted molar refractivity (Wildman–Crippen MR) is 103 cm³/mol. The van der Waals surface area contributed by atoms with Crippen molar-refractivity contribution in [2.75, 3.05) is 19.6 Å². The van der Waals surface area contributed by atoms with Gasteiger partial charge in [-0.25, -0.2) is 8.42 Å². The quantitative estimate of drug-likeness (QED) is 0.803. The van der Waals surface area contributed by atoms with Crippen molar-refractivity contribution in [3.63, 3.8) is 0 Å². The zero-order chi connectivity index (χ0) is 18.6. The smallest absolute Gasteiger partial charge is 0.253 e. The lowest BCUT2D eigenvalue weighted by Crippen LogP contribution is -2.43. The maximum absolute atomic E-state index is 13.0. The molecule has 0 bridgehead atoms. The van der Waals surface area contributed by atoms with Crippen LogP contribution in [0, 0.1) is 0 Å². The van der Waals surface area contributed by atoms with Crippen LogP contribution < -0.4 is 0 Å². The Labute approximate surface area is 157 Å². The van der Waals surface area contributed by atoms with Gasteiger partial charge in [-0.15, -0.1) is 0 Å². The highest BCUT2D eigenvalue weighted by Crippen LogP contribution is 2.27. The van der Waals surface area contributed by atoms with Gasteiger partial charge in [-0.2, -0.15) is 4.31 Å². The molecule has 0 aromatic heterocycles. The third kappa shape index (κ3) is 4.12. The van der Waals surface area contributed by atoms with Gasteiger partial charge in [0, 0.05) is 31.2 Å². The molecule has 0 saturated carbocycles. The van der Waals surface area contributed by atoms with E-state index in [0.29, 0.717) is 17.0 Å². The van der Waals surface area contributed by atoms with E-state index in [1.165, 1.54) is 12.8 Å².